The SMILES string of the molecule is CC(CCN(C)C)NC(=O)NCC(O)c1cc(Cl)cc(Cl)c1. The van der Waals surface area contributed by atoms with E-state index in [2.05, 4.69) is 15.5 Å². The first kappa shape index (κ1) is 19.0. The smallest absolute Gasteiger partial charge is 0.315 e. The fourth-order valence-electron chi connectivity index (χ4n) is 1.87. The van der Waals surface area contributed by atoms with Gasteiger partial charge in [0.25, 0.3) is 0 Å². The summed E-state index contributed by atoms with van der Waals surface area (Å²) in [6, 6.07) is 4.58. The first-order chi connectivity index (χ1) is 10.3. The van der Waals surface area contributed by atoms with Crippen LogP contribution in [-0.2, 0) is 0 Å². The average molecular weight is 348 g/mol. The molecule has 1 rings (SSSR count). The Kier molecular flexibility index (Phi) is 7.96. The van der Waals surface area contributed by atoms with Crippen molar-refractivity contribution >= 4 is 29.2 Å². The van der Waals surface area contributed by atoms with Crippen LogP contribution in [0.5, 0.6) is 0 Å². The molecule has 0 radical (unpaired) electrons. The molecule has 0 aliphatic heterocycles. The second-order valence-electron chi connectivity index (χ2n) is 5.57. The van der Waals surface area contributed by atoms with E-state index in [1.54, 1.807) is 18.2 Å². The number of aliphatic hydroxyl groups excluding tert-OH is 1. The van der Waals surface area contributed by atoms with Crippen LogP contribution in [0.1, 0.15) is 25.0 Å². The molecule has 22 heavy (non-hydrogen) atoms. The first-order valence-electron chi connectivity index (χ1n) is 7.11. The number of carbonyl (C=O) groups excluding carboxylic acids is 1. The standard InChI is InChI=1S/C15H23Cl2N3O2/c1-10(4-5-20(2)3)19-15(22)18-9-14(21)11-6-12(16)8-13(17)7-11/h6-8,10,14,21H,4-5,9H2,1-3H3,(H2,18,19,22). The average Bonchev–Trinajstić information content (AvgIpc) is 2.41. The van der Waals surface area contributed by atoms with Crippen molar-refractivity contribution < 1.29 is 9.90 Å². The van der Waals surface area contributed by atoms with Crippen molar-refractivity contribution in [1.29, 1.82) is 0 Å². The van der Waals surface area contributed by atoms with Crippen molar-refractivity contribution in [3.8, 4) is 0 Å². The van der Waals surface area contributed by atoms with Crippen molar-refractivity contribution in [3.63, 3.8) is 0 Å². The number of rotatable bonds is 7. The van der Waals surface area contributed by atoms with E-state index in [4.69, 9.17) is 23.2 Å². The Hall–Kier alpha value is -1.01. The summed E-state index contributed by atoms with van der Waals surface area (Å²) in [4.78, 5) is 13.8. The van der Waals surface area contributed by atoms with Gasteiger partial charge in [0.2, 0.25) is 0 Å². The quantitative estimate of drug-likeness (QED) is 0.710. The van der Waals surface area contributed by atoms with Crippen molar-refractivity contribution in [1.82, 2.24) is 15.5 Å². The fourth-order valence-corrected chi connectivity index (χ4v) is 2.42. The van der Waals surface area contributed by atoms with Crippen molar-refractivity contribution in [2.24, 2.45) is 0 Å². The molecule has 7 heteroatoms. The second-order valence-corrected chi connectivity index (χ2v) is 6.44. The molecular weight excluding hydrogens is 325 g/mol. The molecule has 0 saturated carbocycles. The van der Waals surface area contributed by atoms with Gasteiger partial charge in [-0.2, -0.15) is 0 Å². The van der Waals surface area contributed by atoms with Crippen LogP contribution >= 0.6 is 23.2 Å². The molecule has 5 nitrogen and oxygen atoms in total. The highest BCUT2D eigenvalue weighted by Gasteiger charge is 2.12. The zero-order valence-corrected chi connectivity index (χ0v) is 14.6. The van der Waals surface area contributed by atoms with Crippen molar-refractivity contribution in [3.05, 3.63) is 33.8 Å². The van der Waals surface area contributed by atoms with Gasteiger partial charge in [-0.15, -0.1) is 0 Å². The maximum Gasteiger partial charge on any atom is 0.315 e. The largest absolute Gasteiger partial charge is 0.387 e. The predicted molar refractivity (Wildman–Crippen MR) is 90.6 cm³/mol. The topological polar surface area (TPSA) is 64.6 Å². The third-order valence-electron chi connectivity index (χ3n) is 3.11. The number of halogens is 2. The minimum Gasteiger partial charge on any atom is -0.387 e. The van der Waals surface area contributed by atoms with Crippen LogP contribution in [0.3, 0.4) is 0 Å². The minimum atomic E-state index is -0.862. The molecule has 1 aromatic carbocycles. The Morgan fingerprint density at radius 1 is 1.27 bits per heavy atom. The van der Waals surface area contributed by atoms with Gasteiger partial charge >= 0.3 is 6.03 Å². The molecule has 1 aromatic rings. The summed E-state index contributed by atoms with van der Waals surface area (Å²) < 4.78 is 0. The molecule has 0 bridgehead atoms. The number of nitrogens with zero attached hydrogens (tertiary/aromatic N) is 1. The summed E-state index contributed by atoms with van der Waals surface area (Å²) in [6.45, 7) is 2.92. The van der Waals surface area contributed by atoms with E-state index in [1.807, 2.05) is 21.0 Å². The summed E-state index contributed by atoms with van der Waals surface area (Å²) in [5, 5.41) is 16.4. The van der Waals surface area contributed by atoms with Crippen LogP contribution in [0.4, 0.5) is 4.79 Å². The Bertz CT molecular complexity index is 477. The molecule has 2 amide bonds. The molecule has 0 aliphatic rings. The molecule has 0 aromatic heterocycles. The van der Waals surface area contributed by atoms with Crippen LogP contribution in [0, 0.1) is 0 Å². The third-order valence-corrected chi connectivity index (χ3v) is 3.55. The highest BCUT2D eigenvalue weighted by molar-refractivity contribution is 6.34. The minimum absolute atomic E-state index is 0.0557. The predicted octanol–water partition coefficient (Wildman–Crippen LogP) is 2.67. The molecule has 0 spiro atoms. The van der Waals surface area contributed by atoms with Gasteiger partial charge in [-0.1, -0.05) is 23.2 Å². The van der Waals surface area contributed by atoms with Gasteiger partial charge in [0, 0.05) is 22.6 Å². The van der Waals surface area contributed by atoms with Gasteiger partial charge in [-0.3, -0.25) is 0 Å². The molecule has 0 saturated heterocycles. The molecule has 2 unspecified atom stereocenters. The lowest BCUT2D eigenvalue weighted by Gasteiger charge is -2.18. The van der Waals surface area contributed by atoms with E-state index < -0.39 is 6.10 Å². The summed E-state index contributed by atoms with van der Waals surface area (Å²) in [5.74, 6) is 0. The van der Waals surface area contributed by atoms with E-state index >= 15 is 0 Å². The summed E-state index contributed by atoms with van der Waals surface area (Å²) in [7, 11) is 3.97. The van der Waals surface area contributed by atoms with Gasteiger partial charge < -0.3 is 20.6 Å². The Labute approximate surface area is 141 Å². The van der Waals surface area contributed by atoms with Crippen LogP contribution in [0.25, 0.3) is 0 Å². The summed E-state index contributed by atoms with van der Waals surface area (Å²) in [6.07, 6.45) is -0.00797. The second kappa shape index (κ2) is 9.20. The number of hydrogen-bond donors (Lipinski definition) is 3. The molecule has 2 atom stereocenters. The van der Waals surface area contributed by atoms with E-state index in [-0.39, 0.29) is 18.6 Å². The summed E-state index contributed by atoms with van der Waals surface area (Å²) >= 11 is 11.8. The van der Waals surface area contributed by atoms with Crippen molar-refractivity contribution in [2.75, 3.05) is 27.2 Å². The molecular formula is C15H23Cl2N3O2. The third kappa shape index (κ3) is 7.31. The lowest BCUT2D eigenvalue weighted by atomic mass is 10.1. The van der Waals surface area contributed by atoms with Gasteiger partial charge in [-0.05, 0) is 57.7 Å². The van der Waals surface area contributed by atoms with E-state index in [9.17, 15) is 9.90 Å². The number of amides is 2. The van der Waals surface area contributed by atoms with Gasteiger partial charge in [-0.25, -0.2) is 4.79 Å². The maximum atomic E-state index is 11.8. The lowest BCUT2D eigenvalue weighted by Crippen LogP contribution is -2.43. The zero-order chi connectivity index (χ0) is 16.7. The normalized spacial score (nSPS) is 13.8. The van der Waals surface area contributed by atoms with Crippen LogP contribution < -0.4 is 10.6 Å². The van der Waals surface area contributed by atoms with E-state index in [0.717, 1.165) is 13.0 Å². The number of carbonyl (C=O) groups is 1. The molecule has 0 fully saturated rings. The molecule has 3 N–H and O–H groups in total. The lowest BCUT2D eigenvalue weighted by molar-refractivity contribution is 0.172. The fraction of sp³-hybridized carbons (Fsp3) is 0.533. The number of urea groups is 1. The van der Waals surface area contributed by atoms with E-state index in [0.29, 0.717) is 15.6 Å². The zero-order valence-electron chi connectivity index (χ0n) is 13.1. The Morgan fingerprint density at radius 2 is 1.86 bits per heavy atom. The first-order valence-corrected chi connectivity index (χ1v) is 7.86. The summed E-state index contributed by atoms with van der Waals surface area (Å²) in [5.41, 5.74) is 0.568. The van der Waals surface area contributed by atoms with Gasteiger partial charge in [0.1, 0.15) is 0 Å². The van der Waals surface area contributed by atoms with E-state index in [1.165, 1.54) is 0 Å². The monoisotopic (exact) mass is 347 g/mol. The highest BCUT2D eigenvalue weighted by atomic mass is 35.5. The highest BCUT2D eigenvalue weighted by Crippen LogP contribution is 2.23. The van der Waals surface area contributed by atoms with Crippen LogP contribution in [0.2, 0.25) is 10.0 Å². The maximum absolute atomic E-state index is 11.8. The van der Waals surface area contributed by atoms with Gasteiger partial charge in [0.05, 0.1) is 6.10 Å². The number of benzene rings is 1. The molecule has 0 aliphatic carbocycles. The number of hydrogen-bond acceptors (Lipinski definition) is 3. The molecule has 124 valence electrons. The molecule has 0 heterocycles. The van der Waals surface area contributed by atoms with Crippen LogP contribution in [0.15, 0.2) is 18.2 Å². The van der Waals surface area contributed by atoms with Gasteiger partial charge in [0.15, 0.2) is 0 Å². The van der Waals surface area contributed by atoms with Crippen LogP contribution in [-0.4, -0.2) is 49.3 Å². The number of aliphatic hydroxyl groups is 1. The Balaban J connectivity index is 2.39. The van der Waals surface area contributed by atoms with Crippen molar-refractivity contribution in [2.45, 2.75) is 25.5 Å². The Morgan fingerprint density at radius 3 is 2.41 bits per heavy atom. The number of nitrogens with one attached hydrogen (secondary N) is 2.